The predicted molar refractivity (Wildman–Crippen MR) is 108 cm³/mol. The van der Waals surface area contributed by atoms with Crippen LogP contribution in [0.2, 0.25) is 0 Å². The summed E-state index contributed by atoms with van der Waals surface area (Å²) in [6.45, 7) is 0. The van der Waals surface area contributed by atoms with E-state index in [-0.39, 0.29) is 5.43 Å². The van der Waals surface area contributed by atoms with Gasteiger partial charge < -0.3 is 14.0 Å². The smallest absolute Gasteiger partial charge is 0.190 e. The first kappa shape index (κ1) is 16.9. The first-order valence-corrected chi connectivity index (χ1v) is 8.65. The number of aromatic nitrogens is 1. The first-order valence-electron chi connectivity index (χ1n) is 8.65. The molecule has 0 amide bonds. The molecule has 134 valence electrons. The highest BCUT2D eigenvalue weighted by atomic mass is 16.5. The Balaban J connectivity index is 2.06. The zero-order chi connectivity index (χ0) is 18.8. The third-order valence-electron chi connectivity index (χ3n) is 4.62. The summed E-state index contributed by atoms with van der Waals surface area (Å²) in [5.41, 5.74) is 3.52. The summed E-state index contributed by atoms with van der Waals surface area (Å²) in [4.78, 5) is 12.7. The highest BCUT2D eigenvalue weighted by Crippen LogP contribution is 2.29. The zero-order valence-electron chi connectivity index (χ0n) is 15.2. The summed E-state index contributed by atoms with van der Waals surface area (Å²) in [6, 6.07) is 24.8. The number of benzene rings is 3. The third kappa shape index (κ3) is 3.06. The molecule has 0 unspecified atom stereocenters. The predicted octanol–water partition coefficient (Wildman–Crippen LogP) is 4.67. The molecule has 0 aliphatic carbocycles. The van der Waals surface area contributed by atoms with Gasteiger partial charge in [0.25, 0.3) is 0 Å². The Kier molecular flexibility index (Phi) is 4.38. The maximum atomic E-state index is 12.7. The summed E-state index contributed by atoms with van der Waals surface area (Å²) in [6.07, 6.45) is 0. The van der Waals surface area contributed by atoms with Gasteiger partial charge in [0.05, 0.1) is 25.4 Å². The van der Waals surface area contributed by atoms with Crippen molar-refractivity contribution in [2.75, 3.05) is 14.2 Å². The lowest BCUT2D eigenvalue weighted by atomic mass is 10.1. The van der Waals surface area contributed by atoms with Crippen LogP contribution in [0.3, 0.4) is 0 Å². The molecule has 0 aliphatic heterocycles. The molecule has 27 heavy (non-hydrogen) atoms. The van der Waals surface area contributed by atoms with Gasteiger partial charge >= 0.3 is 0 Å². The maximum absolute atomic E-state index is 12.7. The number of hydrogen-bond acceptors (Lipinski definition) is 3. The molecule has 0 radical (unpaired) electrons. The Bertz CT molecular complexity index is 1160. The van der Waals surface area contributed by atoms with E-state index in [1.54, 1.807) is 20.3 Å². The van der Waals surface area contributed by atoms with Crippen molar-refractivity contribution in [2.24, 2.45) is 0 Å². The van der Waals surface area contributed by atoms with E-state index in [2.05, 4.69) is 4.57 Å². The zero-order valence-corrected chi connectivity index (χ0v) is 15.2. The molecule has 0 saturated carbocycles. The van der Waals surface area contributed by atoms with E-state index in [9.17, 15) is 4.79 Å². The highest BCUT2D eigenvalue weighted by molar-refractivity contribution is 5.85. The summed E-state index contributed by atoms with van der Waals surface area (Å²) in [5.74, 6) is 1.53. The summed E-state index contributed by atoms with van der Waals surface area (Å²) >= 11 is 0. The van der Waals surface area contributed by atoms with Crippen molar-refractivity contribution in [3.8, 4) is 28.4 Å². The van der Waals surface area contributed by atoms with Gasteiger partial charge in [-0.3, -0.25) is 4.79 Å². The Morgan fingerprint density at radius 1 is 0.741 bits per heavy atom. The molecule has 4 heteroatoms. The standard InChI is InChI=1S/C23H19NO3/c1-26-18-12-10-17(11-13-18)24-21-9-4-3-8-20(21)23(25)15-22(24)16-6-5-7-19(14-16)27-2/h3-15H,1-2H3. The fourth-order valence-electron chi connectivity index (χ4n) is 3.28. The van der Waals surface area contributed by atoms with Crippen LogP contribution in [0.15, 0.2) is 83.7 Å². The minimum atomic E-state index is -0.00631. The van der Waals surface area contributed by atoms with Gasteiger partial charge in [0.2, 0.25) is 0 Å². The van der Waals surface area contributed by atoms with Crippen LogP contribution in [0.25, 0.3) is 27.8 Å². The molecule has 1 aromatic heterocycles. The second-order valence-electron chi connectivity index (χ2n) is 6.18. The van der Waals surface area contributed by atoms with Crippen molar-refractivity contribution in [2.45, 2.75) is 0 Å². The average Bonchev–Trinajstić information content (AvgIpc) is 2.74. The lowest BCUT2D eigenvalue weighted by molar-refractivity contribution is 0.415. The molecular weight excluding hydrogens is 338 g/mol. The fraction of sp³-hybridized carbons (Fsp3) is 0.0870. The van der Waals surface area contributed by atoms with E-state index in [0.717, 1.165) is 34.0 Å². The summed E-state index contributed by atoms with van der Waals surface area (Å²) in [7, 11) is 3.28. The third-order valence-corrected chi connectivity index (χ3v) is 4.62. The van der Waals surface area contributed by atoms with Crippen LogP contribution >= 0.6 is 0 Å². The van der Waals surface area contributed by atoms with Crippen LogP contribution in [-0.2, 0) is 0 Å². The van der Waals surface area contributed by atoms with E-state index in [4.69, 9.17) is 9.47 Å². The summed E-state index contributed by atoms with van der Waals surface area (Å²) in [5, 5.41) is 0.681. The topological polar surface area (TPSA) is 40.5 Å². The van der Waals surface area contributed by atoms with Crippen molar-refractivity contribution >= 4 is 10.9 Å². The fourth-order valence-corrected chi connectivity index (χ4v) is 3.28. The number of ether oxygens (including phenoxy) is 2. The van der Waals surface area contributed by atoms with E-state index in [0.29, 0.717) is 5.39 Å². The van der Waals surface area contributed by atoms with Gasteiger partial charge in [-0.15, -0.1) is 0 Å². The van der Waals surface area contributed by atoms with Crippen LogP contribution < -0.4 is 14.9 Å². The monoisotopic (exact) mass is 357 g/mol. The molecule has 1 heterocycles. The number of fused-ring (bicyclic) bond motifs is 1. The number of pyridine rings is 1. The molecule has 0 N–H and O–H groups in total. The molecule has 0 bridgehead atoms. The highest BCUT2D eigenvalue weighted by Gasteiger charge is 2.13. The Morgan fingerprint density at radius 3 is 2.22 bits per heavy atom. The molecule has 3 aromatic carbocycles. The summed E-state index contributed by atoms with van der Waals surface area (Å²) < 4.78 is 12.7. The van der Waals surface area contributed by atoms with Gasteiger partial charge in [-0.1, -0.05) is 24.3 Å². The van der Waals surface area contributed by atoms with Crippen molar-refractivity contribution in [3.05, 3.63) is 89.1 Å². The van der Waals surface area contributed by atoms with Gasteiger partial charge in [-0.2, -0.15) is 0 Å². The van der Waals surface area contributed by atoms with Gasteiger partial charge in [0, 0.05) is 22.7 Å². The van der Waals surface area contributed by atoms with Crippen LogP contribution in [0.5, 0.6) is 11.5 Å². The SMILES string of the molecule is COc1ccc(-n2c(-c3cccc(OC)c3)cc(=O)c3ccccc32)cc1. The number of hydrogen-bond donors (Lipinski definition) is 0. The van der Waals surface area contributed by atoms with E-state index >= 15 is 0 Å². The minimum Gasteiger partial charge on any atom is -0.497 e. The normalized spacial score (nSPS) is 10.7. The number of nitrogens with zero attached hydrogens (tertiary/aromatic N) is 1. The van der Waals surface area contributed by atoms with Crippen LogP contribution in [-0.4, -0.2) is 18.8 Å². The quantitative estimate of drug-likeness (QED) is 0.533. The Morgan fingerprint density at radius 2 is 1.48 bits per heavy atom. The van der Waals surface area contributed by atoms with Crippen molar-refractivity contribution in [1.82, 2.24) is 4.57 Å². The van der Waals surface area contributed by atoms with E-state index in [1.165, 1.54) is 0 Å². The first-order chi connectivity index (χ1) is 13.2. The Labute approximate surface area is 157 Å². The Hall–Kier alpha value is -3.53. The van der Waals surface area contributed by atoms with Crippen molar-refractivity contribution in [3.63, 3.8) is 0 Å². The molecule has 0 spiro atoms. The van der Waals surface area contributed by atoms with E-state index in [1.807, 2.05) is 72.8 Å². The van der Waals surface area contributed by atoms with Gasteiger partial charge in [0.1, 0.15) is 11.5 Å². The maximum Gasteiger partial charge on any atom is 0.190 e. The largest absolute Gasteiger partial charge is 0.497 e. The van der Waals surface area contributed by atoms with Crippen molar-refractivity contribution in [1.29, 1.82) is 0 Å². The van der Waals surface area contributed by atoms with E-state index < -0.39 is 0 Å². The number of para-hydroxylation sites is 1. The lowest BCUT2D eigenvalue weighted by Gasteiger charge is -2.18. The number of methoxy groups -OCH3 is 2. The molecule has 4 aromatic rings. The average molecular weight is 357 g/mol. The van der Waals surface area contributed by atoms with Crippen molar-refractivity contribution < 1.29 is 9.47 Å². The molecule has 4 rings (SSSR count). The molecule has 0 saturated heterocycles. The second kappa shape index (κ2) is 7.00. The second-order valence-corrected chi connectivity index (χ2v) is 6.18. The molecule has 4 nitrogen and oxygen atoms in total. The minimum absolute atomic E-state index is 0.00631. The van der Waals surface area contributed by atoms with Gasteiger partial charge in [-0.25, -0.2) is 0 Å². The lowest BCUT2D eigenvalue weighted by Crippen LogP contribution is -2.10. The molecule has 0 aliphatic rings. The molecule has 0 fully saturated rings. The molecule has 0 atom stereocenters. The van der Waals surface area contributed by atoms with Crippen LogP contribution in [0.4, 0.5) is 0 Å². The molecular formula is C23H19NO3. The van der Waals surface area contributed by atoms with Gasteiger partial charge in [0.15, 0.2) is 5.43 Å². The number of rotatable bonds is 4. The van der Waals surface area contributed by atoms with Crippen LogP contribution in [0, 0.1) is 0 Å². The van der Waals surface area contributed by atoms with Crippen LogP contribution in [0.1, 0.15) is 0 Å². The van der Waals surface area contributed by atoms with Gasteiger partial charge in [-0.05, 0) is 48.5 Å².